The number of methoxy groups -OCH3 is 1. The van der Waals surface area contributed by atoms with Crippen molar-refractivity contribution in [2.75, 3.05) is 30.5 Å². The van der Waals surface area contributed by atoms with Gasteiger partial charge >= 0.3 is 5.97 Å². The van der Waals surface area contributed by atoms with Crippen molar-refractivity contribution in [2.24, 2.45) is 0 Å². The summed E-state index contributed by atoms with van der Waals surface area (Å²) >= 11 is 0. The summed E-state index contributed by atoms with van der Waals surface area (Å²) in [5, 5.41) is 3.24. The number of amides is 1. The highest BCUT2D eigenvalue weighted by Gasteiger charge is 2.23. The Kier molecular flexibility index (Phi) is 10.6. The van der Waals surface area contributed by atoms with Gasteiger partial charge in [0.25, 0.3) is 5.91 Å². The number of ketones is 1. The molecular formula is C39H36N2O5. The molecule has 7 heteroatoms. The maximum absolute atomic E-state index is 13.4. The lowest BCUT2D eigenvalue weighted by atomic mass is 10.00. The van der Waals surface area contributed by atoms with Crippen molar-refractivity contribution in [1.82, 2.24) is 0 Å². The van der Waals surface area contributed by atoms with Crippen LogP contribution in [0.3, 0.4) is 0 Å². The molecule has 7 nitrogen and oxygen atoms in total. The first-order valence-electron chi connectivity index (χ1n) is 15.1. The topological polar surface area (TPSA) is 84.9 Å². The van der Waals surface area contributed by atoms with E-state index in [9.17, 15) is 14.4 Å². The monoisotopic (exact) mass is 612 g/mol. The first kappa shape index (κ1) is 31.7. The number of hydrogen-bond donors (Lipinski definition) is 1. The Labute approximate surface area is 269 Å². The van der Waals surface area contributed by atoms with Crippen molar-refractivity contribution in [2.45, 2.75) is 19.4 Å². The zero-order valence-electron chi connectivity index (χ0n) is 25.9. The van der Waals surface area contributed by atoms with Gasteiger partial charge in [0.05, 0.1) is 13.7 Å². The van der Waals surface area contributed by atoms with Gasteiger partial charge in [0.15, 0.2) is 5.78 Å². The maximum atomic E-state index is 13.4. The third-order valence-electron chi connectivity index (χ3n) is 7.58. The largest absolute Gasteiger partial charge is 0.492 e. The van der Waals surface area contributed by atoms with Crippen LogP contribution in [0.4, 0.5) is 11.4 Å². The minimum absolute atomic E-state index is 0.100. The Morgan fingerprint density at radius 1 is 0.717 bits per heavy atom. The summed E-state index contributed by atoms with van der Waals surface area (Å²) in [6.07, 6.45) is 0.327. The van der Waals surface area contributed by atoms with Gasteiger partial charge in [-0.3, -0.25) is 9.59 Å². The predicted octanol–water partition coefficient (Wildman–Crippen LogP) is 7.15. The van der Waals surface area contributed by atoms with Gasteiger partial charge in [0.2, 0.25) is 0 Å². The quantitative estimate of drug-likeness (QED) is 0.112. The van der Waals surface area contributed by atoms with Crippen LogP contribution in [-0.4, -0.2) is 44.0 Å². The van der Waals surface area contributed by atoms with Gasteiger partial charge < -0.3 is 19.7 Å². The molecule has 0 heterocycles. The Hall–Kier alpha value is -5.69. The van der Waals surface area contributed by atoms with Crippen molar-refractivity contribution in [1.29, 1.82) is 0 Å². The lowest BCUT2D eigenvalue weighted by Gasteiger charge is -2.23. The molecule has 46 heavy (non-hydrogen) atoms. The molecule has 0 aromatic heterocycles. The van der Waals surface area contributed by atoms with Gasteiger partial charge in [0, 0.05) is 34.5 Å². The van der Waals surface area contributed by atoms with Crippen LogP contribution in [0.2, 0.25) is 0 Å². The number of aryl methyl sites for hydroxylation is 1. The smallest absolute Gasteiger partial charge is 0.328 e. The van der Waals surface area contributed by atoms with E-state index in [4.69, 9.17) is 9.47 Å². The molecule has 5 aromatic rings. The third kappa shape index (κ3) is 8.07. The van der Waals surface area contributed by atoms with Crippen LogP contribution in [-0.2, 0) is 16.0 Å². The predicted molar refractivity (Wildman–Crippen MR) is 181 cm³/mol. The van der Waals surface area contributed by atoms with Crippen molar-refractivity contribution in [3.05, 3.63) is 161 Å². The number of carbonyl (C=O) groups is 3. The minimum Gasteiger partial charge on any atom is -0.492 e. The summed E-state index contributed by atoms with van der Waals surface area (Å²) in [6.45, 7) is 2.65. The normalized spacial score (nSPS) is 11.3. The first-order chi connectivity index (χ1) is 22.4. The van der Waals surface area contributed by atoms with Crippen LogP contribution < -0.4 is 15.0 Å². The molecule has 0 radical (unpaired) electrons. The van der Waals surface area contributed by atoms with Crippen molar-refractivity contribution in [3.8, 4) is 5.75 Å². The molecule has 1 N–H and O–H groups in total. The molecule has 5 aromatic carbocycles. The second-order valence-corrected chi connectivity index (χ2v) is 10.8. The van der Waals surface area contributed by atoms with Crippen LogP contribution >= 0.6 is 0 Å². The van der Waals surface area contributed by atoms with Gasteiger partial charge in [-0.2, -0.15) is 0 Å². The number of benzene rings is 5. The molecule has 0 saturated carbocycles. The fourth-order valence-electron chi connectivity index (χ4n) is 5.10. The first-order valence-corrected chi connectivity index (χ1v) is 15.1. The van der Waals surface area contributed by atoms with Gasteiger partial charge in [0.1, 0.15) is 18.4 Å². The van der Waals surface area contributed by atoms with Crippen LogP contribution in [0, 0.1) is 6.92 Å². The summed E-state index contributed by atoms with van der Waals surface area (Å²) in [4.78, 5) is 41.1. The Morgan fingerprint density at radius 2 is 1.33 bits per heavy atom. The van der Waals surface area contributed by atoms with E-state index in [0.717, 1.165) is 16.8 Å². The molecule has 0 bridgehead atoms. The summed E-state index contributed by atoms with van der Waals surface area (Å²) < 4.78 is 11.1. The number of hydrogen-bond acceptors (Lipinski definition) is 6. The molecule has 232 valence electrons. The lowest BCUT2D eigenvalue weighted by Crippen LogP contribution is -2.34. The molecule has 0 aliphatic heterocycles. The highest BCUT2D eigenvalue weighted by atomic mass is 16.5. The number of esters is 1. The molecule has 1 amide bonds. The summed E-state index contributed by atoms with van der Waals surface area (Å²) in [7, 11) is 1.34. The molecule has 5 rings (SSSR count). The third-order valence-corrected chi connectivity index (χ3v) is 7.58. The number of para-hydroxylation sites is 1. The fraction of sp³-hybridized carbons (Fsp3) is 0.154. The highest BCUT2D eigenvalue weighted by Crippen LogP contribution is 2.23. The van der Waals surface area contributed by atoms with Crippen LogP contribution in [0.25, 0.3) is 0 Å². The molecule has 0 saturated heterocycles. The van der Waals surface area contributed by atoms with Gasteiger partial charge in [-0.15, -0.1) is 0 Å². The van der Waals surface area contributed by atoms with Crippen LogP contribution in [0.15, 0.2) is 133 Å². The van der Waals surface area contributed by atoms with Crippen LogP contribution in [0.5, 0.6) is 5.75 Å². The summed E-state index contributed by atoms with van der Waals surface area (Å²) in [6, 6.07) is 39.9. The van der Waals surface area contributed by atoms with E-state index in [2.05, 4.69) is 5.32 Å². The average Bonchev–Trinajstić information content (AvgIpc) is 3.11. The van der Waals surface area contributed by atoms with E-state index in [1.807, 2.05) is 97.9 Å². The number of rotatable bonds is 13. The summed E-state index contributed by atoms with van der Waals surface area (Å²) in [5.74, 6) is -0.0419. The second kappa shape index (κ2) is 15.3. The SMILES string of the molecule is COC(=O)[C@H](Cc1ccc(OCCN(C(=O)c2ccccc2)c2ccc(C)cc2)cc1)Nc1ccccc1C(=O)c1ccccc1. The average molecular weight is 613 g/mol. The lowest BCUT2D eigenvalue weighted by molar-refractivity contribution is -0.141. The van der Waals surface area contributed by atoms with E-state index in [1.165, 1.54) is 7.11 Å². The molecular weight excluding hydrogens is 576 g/mol. The van der Waals surface area contributed by atoms with E-state index in [1.54, 1.807) is 47.4 Å². The molecule has 0 unspecified atom stereocenters. The minimum atomic E-state index is -0.728. The standard InChI is InChI=1S/C39H36N2O5/c1-28-17-21-32(22-18-28)41(38(43)31-13-7-4-8-14-31)25-26-46-33-23-19-29(20-24-33)27-36(39(44)45-2)40-35-16-10-9-15-34(35)37(42)30-11-5-3-6-12-30/h3-24,36,40H,25-27H2,1-2H3/t36-/m0/s1. The Balaban J connectivity index is 1.24. The summed E-state index contributed by atoms with van der Waals surface area (Å²) in [5.41, 5.74) is 4.98. The Morgan fingerprint density at radius 3 is 1.98 bits per heavy atom. The molecule has 1 atom stereocenters. The Bertz CT molecular complexity index is 1750. The van der Waals surface area contributed by atoms with Crippen LogP contribution in [0.1, 0.15) is 37.4 Å². The van der Waals surface area contributed by atoms with Crippen molar-refractivity contribution >= 4 is 29.0 Å². The van der Waals surface area contributed by atoms with Gasteiger partial charge in [-0.25, -0.2) is 4.79 Å². The fourth-order valence-corrected chi connectivity index (χ4v) is 5.10. The number of nitrogens with one attached hydrogen (secondary N) is 1. The number of carbonyl (C=O) groups excluding carboxylic acids is 3. The van der Waals surface area contributed by atoms with E-state index in [-0.39, 0.29) is 18.3 Å². The van der Waals surface area contributed by atoms with E-state index >= 15 is 0 Å². The van der Waals surface area contributed by atoms with Crippen molar-refractivity contribution in [3.63, 3.8) is 0 Å². The van der Waals surface area contributed by atoms with Crippen molar-refractivity contribution < 1.29 is 23.9 Å². The molecule has 0 spiro atoms. The van der Waals surface area contributed by atoms with Gasteiger partial charge in [-0.1, -0.05) is 90.5 Å². The highest BCUT2D eigenvalue weighted by molar-refractivity contribution is 6.12. The van der Waals surface area contributed by atoms with Gasteiger partial charge in [-0.05, 0) is 61.0 Å². The zero-order valence-corrected chi connectivity index (χ0v) is 25.9. The number of nitrogens with zero attached hydrogens (tertiary/aromatic N) is 1. The number of ether oxygens (including phenoxy) is 2. The number of anilines is 2. The zero-order chi connectivity index (χ0) is 32.3. The maximum Gasteiger partial charge on any atom is 0.328 e. The van der Waals surface area contributed by atoms with E-state index in [0.29, 0.717) is 41.1 Å². The molecule has 0 fully saturated rings. The van der Waals surface area contributed by atoms with E-state index < -0.39 is 12.0 Å². The molecule has 0 aliphatic carbocycles. The second-order valence-electron chi connectivity index (χ2n) is 10.8. The molecule has 0 aliphatic rings.